The van der Waals surface area contributed by atoms with Crippen LogP contribution in [0.25, 0.3) is 0 Å². The maximum atomic E-state index is 12.6. The van der Waals surface area contributed by atoms with Gasteiger partial charge in [-0.3, -0.25) is 9.69 Å². The molecule has 164 valence electrons. The molecule has 0 radical (unpaired) electrons. The molecule has 7 nitrogen and oxygen atoms in total. The normalized spacial score (nSPS) is 18.3. The highest BCUT2D eigenvalue weighted by atomic mass is 16.5. The molecule has 7 heteroatoms. The van der Waals surface area contributed by atoms with Crippen LogP contribution < -0.4 is 20.7 Å². The molecular formula is C22H38N4O3. The van der Waals surface area contributed by atoms with Crippen molar-refractivity contribution in [2.45, 2.75) is 32.2 Å². The van der Waals surface area contributed by atoms with E-state index < -0.39 is 0 Å². The third-order valence-electron chi connectivity index (χ3n) is 5.14. The van der Waals surface area contributed by atoms with Crippen molar-refractivity contribution in [3.05, 3.63) is 29.8 Å². The maximum Gasteiger partial charge on any atom is 0.323 e. The zero-order valence-corrected chi connectivity index (χ0v) is 18.0. The van der Waals surface area contributed by atoms with Crippen LogP contribution in [0.3, 0.4) is 0 Å². The molecule has 0 spiro atoms. The first-order chi connectivity index (χ1) is 14.2. The van der Waals surface area contributed by atoms with Crippen molar-refractivity contribution in [3.63, 3.8) is 0 Å². The van der Waals surface area contributed by atoms with E-state index >= 15 is 0 Å². The van der Waals surface area contributed by atoms with Crippen molar-refractivity contribution in [1.29, 1.82) is 0 Å². The first kappa shape index (κ1) is 23.6. The lowest BCUT2D eigenvalue weighted by atomic mass is 10.0. The lowest BCUT2D eigenvalue weighted by Gasteiger charge is -2.30. The van der Waals surface area contributed by atoms with Crippen LogP contribution in [0.5, 0.6) is 5.75 Å². The number of nitrogens with zero attached hydrogens (tertiary/aromatic N) is 1. The highest BCUT2D eigenvalue weighted by Crippen LogP contribution is 2.16. The van der Waals surface area contributed by atoms with Crippen LogP contribution in [-0.4, -0.2) is 83.0 Å². The monoisotopic (exact) mass is 406 g/mol. The van der Waals surface area contributed by atoms with Gasteiger partial charge >= 0.3 is 5.97 Å². The molecule has 1 heterocycles. The van der Waals surface area contributed by atoms with Crippen molar-refractivity contribution in [1.82, 2.24) is 20.9 Å². The van der Waals surface area contributed by atoms with Crippen molar-refractivity contribution >= 4 is 5.97 Å². The van der Waals surface area contributed by atoms with Gasteiger partial charge in [-0.1, -0.05) is 25.5 Å². The molecular weight excluding hydrogens is 368 g/mol. The number of carbonyl (C=O) groups is 1. The van der Waals surface area contributed by atoms with E-state index in [2.05, 4.69) is 39.9 Å². The summed E-state index contributed by atoms with van der Waals surface area (Å²) in [5.41, 5.74) is 1.11. The Balaban J connectivity index is 2.00. The third-order valence-corrected chi connectivity index (χ3v) is 5.14. The molecule has 1 aromatic carbocycles. The lowest BCUT2D eigenvalue weighted by molar-refractivity contribution is -0.147. The number of methoxy groups -OCH3 is 1. The van der Waals surface area contributed by atoms with Crippen LogP contribution in [0.15, 0.2) is 24.3 Å². The van der Waals surface area contributed by atoms with Gasteiger partial charge in [-0.05, 0) is 30.5 Å². The van der Waals surface area contributed by atoms with Crippen molar-refractivity contribution < 1.29 is 14.3 Å². The second-order valence-corrected chi connectivity index (χ2v) is 7.38. The Morgan fingerprint density at radius 1 is 1.00 bits per heavy atom. The molecule has 1 aliphatic heterocycles. The van der Waals surface area contributed by atoms with E-state index in [1.165, 1.54) is 7.11 Å². The van der Waals surface area contributed by atoms with Gasteiger partial charge in [0.05, 0.1) is 13.7 Å². The summed E-state index contributed by atoms with van der Waals surface area (Å²) in [6.07, 6.45) is 2.80. The fourth-order valence-electron chi connectivity index (χ4n) is 3.37. The fraction of sp³-hybridized carbons (Fsp3) is 0.682. The van der Waals surface area contributed by atoms with Gasteiger partial charge in [0.15, 0.2) is 0 Å². The minimum Gasteiger partial charge on any atom is -0.494 e. The lowest BCUT2D eigenvalue weighted by Crippen LogP contribution is -2.49. The van der Waals surface area contributed by atoms with Gasteiger partial charge in [0.2, 0.25) is 0 Å². The van der Waals surface area contributed by atoms with E-state index in [1.807, 2.05) is 12.1 Å². The Morgan fingerprint density at radius 2 is 1.59 bits per heavy atom. The van der Waals surface area contributed by atoms with Crippen molar-refractivity contribution in [2.24, 2.45) is 0 Å². The Kier molecular flexibility index (Phi) is 11.7. The minimum absolute atomic E-state index is 0.179. The number of unbranched alkanes of at least 4 members (excludes halogenated alkanes) is 1. The first-order valence-electron chi connectivity index (χ1n) is 10.9. The highest BCUT2D eigenvalue weighted by Gasteiger charge is 2.26. The summed E-state index contributed by atoms with van der Waals surface area (Å²) < 4.78 is 10.9. The average Bonchev–Trinajstić information content (AvgIpc) is 2.73. The number of nitrogens with one attached hydrogen (secondary N) is 3. The second kappa shape index (κ2) is 14.3. The third kappa shape index (κ3) is 9.12. The van der Waals surface area contributed by atoms with Gasteiger partial charge in [-0.15, -0.1) is 0 Å². The summed E-state index contributed by atoms with van der Waals surface area (Å²) in [7, 11) is 1.47. The Morgan fingerprint density at radius 3 is 2.14 bits per heavy atom. The van der Waals surface area contributed by atoms with E-state index in [0.29, 0.717) is 6.42 Å². The molecule has 1 aliphatic rings. The van der Waals surface area contributed by atoms with E-state index in [4.69, 9.17) is 9.47 Å². The summed E-state index contributed by atoms with van der Waals surface area (Å²) >= 11 is 0. The Bertz CT molecular complexity index is 556. The van der Waals surface area contributed by atoms with E-state index in [9.17, 15) is 4.79 Å². The van der Waals surface area contributed by atoms with Crippen LogP contribution in [0.1, 0.15) is 25.3 Å². The molecule has 0 aromatic heterocycles. The highest BCUT2D eigenvalue weighted by molar-refractivity contribution is 5.76. The number of benzene rings is 1. The Labute approximate surface area is 175 Å². The zero-order valence-electron chi connectivity index (χ0n) is 18.0. The largest absolute Gasteiger partial charge is 0.494 e. The topological polar surface area (TPSA) is 74.9 Å². The number of carbonyl (C=O) groups excluding carboxylic acids is 1. The fourth-order valence-corrected chi connectivity index (χ4v) is 3.37. The second-order valence-electron chi connectivity index (χ2n) is 7.38. The maximum absolute atomic E-state index is 12.6. The molecule has 2 rings (SSSR count). The van der Waals surface area contributed by atoms with Gasteiger partial charge in [-0.2, -0.15) is 0 Å². The molecule has 0 saturated carbocycles. The van der Waals surface area contributed by atoms with Gasteiger partial charge < -0.3 is 25.4 Å². The Hall–Kier alpha value is -1.67. The molecule has 0 aliphatic carbocycles. The van der Waals surface area contributed by atoms with Crippen LogP contribution in [-0.2, 0) is 16.0 Å². The SMILES string of the molecule is CCCCOc1ccc(CC(C(=O)OC)N2CCNCCNCCNCC2)cc1. The van der Waals surface area contributed by atoms with Crippen LogP contribution in [0.4, 0.5) is 0 Å². The number of rotatable bonds is 8. The summed E-state index contributed by atoms with van der Waals surface area (Å²) in [6.45, 7) is 9.96. The summed E-state index contributed by atoms with van der Waals surface area (Å²) in [5, 5.41) is 10.3. The summed E-state index contributed by atoms with van der Waals surface area (Å²) in [4.78, 5) is 14.8. The molecule has 1 atom stereocenters. The molecule has 0 amide bonds. The van der Waals surface area contributed by atoms with Crippen LogP contribution in [0, 0.1) is 0 Å². The molecule has 0 bridgehead atoms. The molecule has 1 saturated heterocycles. The van der Waals surface area contributed by atoms with Crippen molar-refractivity contribution in [3.8, 4) is 5.75 Å². The summed E-state index contributed by atoms with van der Waals surface area (Å²) in [5.74, 6) is 0.701. The standard InChI is InChI=1S/C22H38N4O3/c1-3-4-17-29-20-7-5-19(6-8-20)18-21(22(27)28-2)26-15-13-24-11-9-23-10-12-25-14-16-26/h5-8,21,23-25H,3-4,9-18H2,1-2H3. The van der Waals surface area contributed by atoms with Crippen LogP contribution >= 0.6 is 0 Å². The quantitative estimate of drug-likeness (QED) is 0.440. The number of esters is 1. The molecule has 1 fully saturated rings. The molecule has 1 unspecified atom stereocenters. The molecule has 1 aromatic rings. The average molecular weight is 407 g/mol. The van der Waals surface area contributed by atoms with Crippen LogP contribution in [0.2, 0.25) is 0 Å². The van der Waals surface area contributed by atoms with E-state index in [0.717, 1.165) is 83.1 Å². The van der Waals surface area contributed by atoms with E-state index in [-0.39, 0.29) is 12.0 Å². The first-order valence-corrected chi connectivity index (χ1v) is 10.9. The van der Waals surface area contributed by atoms with Gasteiger partial charge in [0, 0.05) is 52.4 Å². The number of hydrogen-bond acceptors (Lipinski definition) is 7. The zero-order chi connectivity index (χ0) is 20.7. The van der Waals surface area contributed by atoms with Gasteiger partial charge in [0.1, 0.15) is 11.8 Å². The predicted octanol–water partition coefficient (Wildman–Crippen LogP) is 1.03. The van der Waals surface area contributed by atoms with E-state index in [1.54, 1.807) is 0 Å². The molecule has 29 heavy (non-hydrogen) atoms. The number of hydrogen-bond donors (Lipinski definition) is 3. The van der Waals surface area contributed by atoms with Gasteiger partial charge in [-0.25, -0.2) is 0 Å². The predicted molar refractivity (Wildman–Crippen MR) is 117 cm³/mol. The molecule has 3 N–H and O–H groups in total. The van der Waals surface area contributed by atoms with Gasteiger partial charge in [0.25, 0.3) is 0 Å². The smallest absolute Gasteiger partial charge is 0.323 e. The summed E-state index contributed by atoms with van der Waals surface area (Å²) in [6, 6.07) is 7.79. The minimum atomic E-state index is -0.295. The van der Waals surface area contributed by atoms with Crippen molar-refractivity contribution in [2.75, 3.05) is 66.1 Å². The number of ether oxygens (including phenoxy) is 2.